The zero-order valence-corrected chi connectivity index (χ0v) is 17.0. The van der Waals surface area contributed by atoms with Crippen LogP contribution in [0.3, 0.4) is 0 Å². The number of hydrogen-bond donors (Lipinski definition) is 1. The highest BCUT2D eigenvalue weighted by Crippen LogP contribution is 2.16. The van der Waals surface area contributed by atoms with Gasteiger partial charge in [-0.3, -0.25) is 10.2 Å². The van der Waals surface area contributed by atoms with E-state index in [9.17, 15) is 4.79 Å². The average Bonchev–Trinajstić information content (AvgIpc) is 3.16. The highest BCUT2D eigenvalue weighted by atomic mass is 32.1. The fraction of sp³-hybridized carbons (Fsp3) is 0.227. The maximum atomic E-state index is 11.5. The van der Waals surface area contributed by atoms with Crippen LogP contribution in [0.4, 0.5) is 5.13 Å². The minimum absolute atomic E-state index is 0.165. The first-order valence-electron chi connectivity index (χ1n) is 9.39. The van der Waals surface area contributed by atoms with E-state index in [1.54, 1.807) is 13.1 Å². The summed E-state index contributed by atoms with van der Waals surface area (Å²) in [5, 5.41) is 6.65. The molecule has 29 heavy (non-hydrogen) atoms. The van der Waals surface area contributed by atoms with Gasteiger partial charge in [0, 0.05) is 11.8 Å². The topological polar surface area (TPSA) is 72.8 Å². The first-order valence-corrected chi connectivity index (χ1v) is 10.3. The van der Waals surface area contributed by atoms with Crippen LogP contribution in [-0.4, -0.2) is 30.4 Å². The Kier molecular flexibility index (Phi) is 7.77. The quantitative estimate of drug-likeness (QED) is 0.307. The number of aromatic nitrogens is 1. The van der Waals surface area contributed by atoms with E-state index in [1.165, 1.54) is 16.9 Å². The second-order valence-electron chi connectivity index (χ2n) is 6.15. The number of benzene rings is 2. The van der Waals surface area contributed by atoms with Gasteiger partial charge in [0.25, 0.3) is 0 Å². The van der Waals surface area contributed by atoms with E-state index in [0.717, 1.165) is 17.7 Å². The van der Waals surface area contributed by atoms with E-state index in [4.69, 9.17) is 9.47 Å². The zero-order valence-electron chi connectivity index (χ0n) is 16.2. The third-order valence-corrected chi connectivity index (χ3v) is 4.71. The van der Waals surface area contributed by atoms with Crippen LogP contribution in [0.15, 0.2) is 65.1 Å². The molecule has 0 aliphatic carbocycles. The summed E-state index contributed by atoms with van der Waals surface area (Å²) in [5.41, 5.74) is 5.72. The van der Waals surface area contributed by atoms with Gasteiger partial charge in [0.1, 0.15) is 5.75 Å². The number of nitrogens with one attached hydrogen (secondary N) is 1. The molecule has 0 saturated carbocycles. The number of esters is 1. The summed E-state index contributed by atoms with van der Waals surface area (Å²) in [6, 6.07) is 18.0. The molecule has 0 aliphatic heterocycles. The molecule has 0 amide bonds. The van der Waals surface area contributed by atoms with Gasteiger partial charge in [0.05, 0.1) is 31.5 Å². The molecule has 0 bridgehead atoms. The molecular weight excluding hydrogens is 386 g/mol. The van der Waals surface area contributed by atoms with Crippen molar-refractivity contribution in [3.63, 3.8) is 0 Å². The van der Waals surface area contributed by atoms with Crippen molar-refractivity contribution in [1.82, 2.24) is 4.98 Å². The van der Waals surface area contributed by atoms with Crippen molar-refractivity contribution in [3.05, 3.63) is 76.8 Å². The van der Waals surface area contributed by atoms with E-state index >= 15 is 0 Å². The van der Waals surface area contributed by atoms with E-state index in [2.05, 4.69) is 27.6 Å². The Hall–Kier alpha value is -3.19. The van der Waals surface area contributed by atoms with Crippen molar-refractivity contribution in [1.29, 1.82) is 0 Å². The number of carbonyl (C=O) groups is 1. The number of anilines is 1. The van der Waals surface area contributed by atoms with Gasteiger partial charge in [0.2, 0.25) is 5.13 Å². The van der Waals surface area contributed by atoms with Gasteiger partial charge >= 0.3 is 5.97 Å². The van der Waals surface area contributed by atoms with E-state index < -0.39 is 0 Å². The normalized spacial score (nSPS) is 10.8. The number of hydrogen-bond acceptors (Lipinski definition) is 7. The Morgan fingerprint density at radius 1 is 1.21 bits per heavy atom. The van der Waals surface area contributed by atoms with Crippen molar-refractivity contribution >= 4 is 28.7 Å². The molecule has 0 aliphatic rings. The Morgan fingerprint density at radius 2 is 2.07 bits per heavy atom. The third kappa shape index (κ3) is 7.04. The van der Waals surface area contributed by atoms with Gasteiger partial charge in [0.15, 0.2) is 0 Å². The minimum atomic E-state index is -0.281. The van der Waals surface area contributed by atoms with Crippen LogP contribution in [-0.2, 0) is 22.4 Å². The highest BCUT2D eigenvalue weighted by Gasteiger charge is 2.07. The molecule has 0 unspecified atom stereocenters. The monoisotopic (exact) mass is 409 g/mol. The van der Waals surface area contributed by atoms with Gasteiger partial charge in [-0.25, -0.2) is 4.98 Å². The third-order valence-electron chi connectivity index (χ3n) is 3.92. The molecule has 3 rings (SSSR count). The van der Waals surface area contributed by atoms with Crippen molar-refractivity contribution in [3.8, 4) is 5.75 Å². The Morgan fingerprint density at radius 3 is 2.90 bits per heavy atom. The molecule has 0 radical (unpaired) electrons. The van der Waals surface area contributed by atoms with Gasteiger partial charge in [-0.05, 0) is 30.2 Å². The van der Waals surface area contributed by atoms with Crippen LogP contribution in [0.25, 0.3) is 0 Å². The number of hydrazone groups is 1. The Bertz CT molecular complexity index is 941. The molecule has 0 atom stereocenters. The summed E-state index contributed by atoms with van der Waals surface area (Å²) >= 11 is 1.39. The predicted octanol–water partition coefficient (Wildman–Crippen LogP) is 4.32. The van der Waals surface area contributed by atoms with Crippen molar-refractivity contribution in [2.24, 2.45) is 5.10 Å². The molecule has 0 saturated heterocycles. The standard InChI is InChI=1S/C22H23N3O3S/c1-2-27-21(26)14-19-16-29-22(24-19)25-23-15-18-9-6-10-20(13-18)28-12-11-17-7-4-3-5-8-17/h3-10,13,15-16H,2,11-12,14H2,1H3,(H,24,25). The van der Waals surface area contributed by atoms with E-state index in [-0.39, 0.29) is 12.4 Å². The molecule has 1 N–H and O–H groups in total. The minimum Gasteiger partial charge on any atom is -0.493 e. The van der Waals surface area contributed by atoms with Crippen LogP contribution in [0.2, 0.25) is 0 Å². The maximum absolute atomic E-state index is 11.5. The smallest absolute Gasteiger partial charge is 0.311 e. The fourth-order valence-corrected chi connectivity index (χ4v) is 3.24. The Balaban J connectivity index is 1.47. The molecule has 3 aromatic rings. The summed E-state index contributed by atoms with van der Waals surface area (Å²) in [7, 11) is 0. The first kappa shape index (κ1) is 20.5. The maximum Gasteiger partial charge on any atom is 0.311 e. The lowest BCUT2D eigenvalue weighted by Gasteiger charge is -2.06. The molecule has 150 valence electrons. The van der Waals surface area contributed by atoms with E-state index in [1.807, 2.05) is 47.8 Å². The van der Waals surface area contributed by atoms with Gasteiger partial charge in [-0.2, -0.15) is 5.10 Å². The number of thiazole rings is 1. The molecule has 0 fully saturated rings. The second kappa shape index (κ2) is 11.0. The summed E-state index contributed by atoms with van der Waals surface area (Å²) in [5.74, 6) is 0.521. The SMILES string of the molecule is CCOC(=O)Cc1csc(NN=Cc2cccc(OCCc3ccccc3)c2)n1. The lowest BCUT2D eigenvalue weighted by Crippen LogP contribution is -2.07. The van der Waals surface area contributed by atoms with Crippen LogP contribution in [0, 0.1) is 0 Å². The molecule has 1 heterocycles. The van der Waals surface area contributed by atoms with Gasteiger partial charge < -0.3 is 9.47 Å². The lowest BCUT2D eigenvalue weighted by atomic mass is 10.2. The van der Waals surface area contributed by atoms with Crippen molar-refractivity contribution < 1.29 is 14.3 Å². The van der Waals surface area contributed by atoms with Crippen LogP contribution in [0.1, 0.15) is 23.7 Å². The summed E-state index contributed by atoms with van der Waals surface area (Å²) < 4.78 is 10.8. The molecular formula is C22H23N3O3S. The zero-order chi connectivity index (χ0) is 20.3. The number of nitrogens with zero attached hydrogens (tertiary/aromatic N) is 2. The van der Waals surface area contributed by atoms with Gasteiger partial charge in [-0.15, -0.1) is 11.3 Å². The van der Waals surface area contributed by atoms with Crippen LogP contribution >= 0.6 is 11.3 Å². The van der Waals surface area contributed by atoms with Gasteiger partial charge in [-0.1, -0.05) is 42.5 Å². The fourth-order valence-electron chi connectivity index (χ4n) is 2.58. The number of ether oxygens (including phenoxy) is 2. The summed E-state index contributed by atoms with van der Waals surface area (Å²) in [6.07, 6.45) is 2.73. The number of rotatable bonds is 10. The second-order valence-corrected chi connectivity index (χ2v) is 7.01. The summed E-state index contributed by atoms with van der Waals surface area (Å²) in [4.78, 5) is 15.8. The summed E-state index contributed by atoms with van der Waals surface area (Å²) in [6.45, 7) is 2.77. The molecule has 6 nitrogen and oxygen atoms in total. The average molecular weight is 410 g/mol. The lowest BCUT2D eigenvalue weighted by molar-refractivity contribution is -0.142. The molecule has 2 aromatic carbocycles. The Labute approximate surface area is 174 Å². The predicted molar refractivity (Wildman–Crippen MR) is 116 cm³/mol. The van der Waals surface area contributed by atoms with Crippen molar-refractivity contribution in [2.45, 2.75) is 19.8 Å². The molecule has 7 heteroatoms. The van der Waals surface area contributed by atoms with Crippen molar-refractivity contribution in [2.75, 3.05) is 18.6 Å². The van der Waals surface area contributed by atoms with Crippen LogP contribution < -0.4 is 10.2 Å². The largest absolute Gasteiger partial charge is 0.493 e. The van der Waals surface area contributed by atoms with E-state index in [0.29, 0.717) is 24.0 Å². The molecule has 1 aromatic heterocycles. The molecule has 0 spiro atoms. The van der Waals surface area contributed by atoms with Crippen LogP contribution in [0.5, 0.6) is 5.75 Å². The first-order chi connectivity index (χ1) is 14.2. The number of carbonyl (C=O) groups excluding carboxylic acids is 1. The highest BCUT2D eigenvalue weighted by molar-refractivity contribution is 7.13.